The molecular formula is C51H76N4O13. The Balaban J connectivity index is 1.19. The second-order valence-corrected chi connectivity index (χ2v) is 24.2. The molecule has 17 heteroatoms. The summed E-state index contributed by atoms with van der Waals surface area (Å²) in [6.07, 6.45) is 4.96. The molecule has 10 rings (SSSR count). The van der Waals surface area contributed by atoms with Crippen molar-refractivity contribution in [3.63, 3.8) is 0 Å². The lowest BCUT2D eigenvalue weighted by Gasteiger charge is -2.82. The Kier molecular flexibility index (Phi) is 11.9. The summed E-state index contributed by atoms with van der Waals surface area (Å²) in [6.45, 7) is 7.45. The second-order valence-electron chi connectivity index (χ2n) is 24.2. The van der Waals surface area contributed by atoms with Crippen LogP contribution < -0.4 is 11.1 Å². The first-order valence-electron chi connectivity index (χ1n) is 25.4. The number of carboxylic acid groups (broad SMARTS) is 1. The monoisotopic (exact) mass is 953 g/mol. The molecule has 5 saturated carbocycles. The number of aliphatic hydroxyl groups is 8. The van der Waals surface area contributed by atoms with Crippen LogP contribution in [0.25, 0.3) is 0 Å². The number of imidazole rings is 1. The van der Waals surface area contributed by atoms with E-state index in [2.05, 4.69) is 48.2 Å². The number of fused-ring (bicyclic) bond motifs is 2. The number of aliphatic hydroxyl groups excluding tert-OH is 8. The SMILES string of the molecule is C[C@]1(CO)CC[C@]2(C(=O)O)CC[C@@]34CCC5=C[C@H]([C@@H]6[C@@H]([C@H](CC[C@@H](N)O)c7cnc[nH]7)NC(=O)[C@@H]6CO)[C@H]6[C@@H](O)[C@@H](O[C@@H]7OC[C@@H](O)[C@H](O)[C@H]7O)[C@@](C)(CO)[C@H]7CC[C@]3(C)[C@]5(CC=C4[C@@H]2C1)[C@@]67C. The number of aliphatic carboxylic acids is 1. The first-order chi connectivity index (χ1) is 32.2. The Morgan fingerprint density at radius 1 is 0.985 bits per heavy atom. The molecule has 1 aromatic heterocycles. The van der Waals surface area contributed by atoms with Gasteiger partial charge in [-0.05, 0) is 116 Å². The Bertz CT molecular complexity index is 2190. The average Bonchev–Trinajstić information content (AvgIpc) is 3.95. The maximum absolute atomic E-state index is 14.4. The van der Waals surface area contributed by atoms with Gasteiger partial charge >= 0.3 is 5.97 Å². The number of hydrogen-bond acceptors (Lipinski definition) is 14. The van der Waals surface area contributed by atoms with Crippen molar-refractivity contribution < 1.29 is 65.0 Å². The highest BCUT2D eigenvalue weighted by atomic mass is 16.7. The maximum Gasteiger partial charge on any atom is 0.310 e. The van der Waals surface area contributed by atoms with E-state index < -0.39 is 136 Å². The van der Waals surface area contributed by atoms with Crippen LogP contribution in [-0.2, 0) is 19.1 Å². The fraction of sp³-hybridized carbons (Fsp3) is 0.824. The average molecular weight is 953 g/mol. The molecule has 13 N–H and O–H groups in total. The Hall–Kier alpha value is -2.81. The molecule has 2 aliphatic heterocycles. The predicted molar refractivity (Wildman–Crippen MR) is 243 cm³/mol. The molecule has 2 spiro atoms. The number of aromatic amines is 1. The number of nitrogens with zero attached hydrogens (tertiary/aromatic N) is 1. The third-order valence-electron chi connectivity index (χ3n) is 21.8. The van der Waals surface area contributed by atoms with Gasteiger partial charge in [0.15, 0.2) is 6.29 Å². The van der Waals surface area contributed by atoms with Crippen LogP contribution in [0.2, 0.25) is 0 Å². The normalized spacial score (nSPS) is 51.2. The second kappa shape index (κ2) is 16.6. The molecule has 1 aromatic rings. The van der Waals surface area contributed by atoms with Crippen LogP contribution in [0, 0.1) is 73.4 Å². The van der Waals surface area contributed by atoms with Gasteiger partial charge < -0.3 is 71.5 Å². The summed E-state index contributed by atoms with van der Waals surface area (Å²) in [6, 6.07) is -0.618. The molecule has 2 saturated heterocycles. The fourth-order valence-electron chi connectivity index (χ4n) is 18.6. The number of hydrogen-bond donors (Lipinski definition) is 12. The standard InChI is InChI=1S/C51H76N4O13/c1-45(22-57)13-14-49(44(65)66)15-16-50-11-7-25-17-27(35-28(20-56)42(64)55-37(35)26(5-6-34(52)60)31-19-53-24-54-31)36-39(62)41(68-43-40(63)38(61)32(59)21-67-43)46(2,23-58)33-9-10-47(50,3)51(25,48(33,36)4)12-8-29(50)30(49)18-45/h8,17,19,24,26-28,30,32-41,43,56-63H,5-7,9-16,18,20-23,52H2,1-4H3,(H,53,54)(H,55,64)(H,65,66)/t26-,27-,28-,30+,32-,33-,34+,35+,36+,37-,38+,39-,40-,41-,43+,45+,46+,47+,48-,49+,50-,51-/m1/s1. The Morgan fingerprint density at radius 3 is 2.40 bits per heavy atom. The van der Waals surface area contributed by atoms with Crippen molar-refractivity contribution in [2.45, 2.75) is 160 Å². The smallest absolute Gasteiger partial charge is 0.310 e. The number of ether oxygens (including phenoxy) is 2. The lowest BCUT2D eigenvalue weighted by Crippen LogP contribution is -2.79. The number of amides is 1. The number of aromatic nitrogens is 2. The third kappa shape index (κ3) is 6.22. The van der Waals surface area contributed by atoms with Gasteiger partial charge in [-0.15, -0.1) is 0 Å². The zero-order chi connectivity index (χ0) is 48.7. The summed E-state index contributed by atoms with van der Waals surface area (Å²) in [4.78, 5) is 35.5. The fourth-order valence-corrected chi connectivity index (χ4v) is 18.6. The summed E-state index contributed by atoms with van der Waals surface area (Å²) < 4.78 is 12.6. The van der Waals surface area contributed by atoms with Crippen molar-refractivity contribution in [2.24, 2.45) is 79.1 Å². The van der Waals surface area contributed by atoms with Crippen LogP contribution >= 0.6 is 0 Å². The van der Waals surface area contributed by atoms with Gasteiger partial charge in [0.2, 0.25) is 5.91 Å². The number of carbonyl (C=O) groups is 2. The van der Waals surface area contributed by atoms with E-state index in [9.17, 15) is 55.5 Å². The third-order valence-corrected chi connectivity index (χ3v) is 21.8. The van der Waals surface area contributed by atoms with Gasteiger partial charge in [0, 0.05) is 53.1 Å². The van der Waals surface area contributed by atoms with Gasteiger partial charge in [0.1, 0.15) is 24.5 Å². The molecule has 7 aliphatic carbocycles. The van der Waals surface area contributed by atoms with Crippen LogP contribution in [0.3, 0.4) is 0 Å². The summed E-state index contributed by atoms with van der Waals surface area (Å²) in [5.74, 6) is -4.95. The van der Waals surface area contributed by atoms with Gasteiger partial charge in [0.05, 0.1) is 49.7 Å². The molecule has 17 nitrogen and oxygen atoms in total. The van der Waals surface area contributed by atoms with Crippen LogP contribution in [0.15, 0.2) is 35.8 Å². The minimum Gasteiger partial charge on any atom is -0.481 e. The molecular weight excluding hydrogens is 877 g/mol. The van der Waals surface area contributed by atoms with Crippen molar-refractivity contribution in [3.05, 3.63) is 41.5 Å². The molecule has 378 valence electrons. The maximum atomic E-state index is 14.4. The Morgan fingerprint density at radius 2 is 1.74 bits per heavy atom. The highest BCUT2D eigenvalue weighted by molar-refractivity contribution is 5.82. The van der Waals surface area contributed by atoms with E-state index in [0.717, 1.165) is 18.5 Å². The van der Waals surface area contributed by atoms with E-state index in [0.29, 0.717) is 57.8 Å². The number of carbonyl (C=O) groups excluding carboxylic acids is 1. The van der Waals surface area contributed by atoms with E-state index in [4.69, 9.17) is 15.2 Å². The Labute approximate surface area is 398 Å². The number of H-pyrrole nitrogens is 1. The highest BCUT2D eigenvalue weighted by Gasteiger charge is 2.83. The topological polar surface area (TPSA) is 301 Å². The summed E-state index contributed by atoms with van der Waals surface area (Å²) in [5, 5.41) is 105. The van der Waals surface area contributed by atoms with Crippen molar-refractivity contribution >= 4 is 11.9 Å². The molecule has 1 amide bonds. The molecule has 22 atom stereocenters. The lowest BCUT2D eigenvalue weighted by atomic mass is 9.22. The van der Waals surface area contributed by atoms with E-state index in [-0.39, 0.29) is 37.4 Å². The number of allylic oxidation sites excluding steroid dienone is 4. The van der Waals surface area contributed by atoms with E-state index in [1.165, 1.54) is 11.1 Å². The van der Waals surface area contributed by atoms with Crippen molar-refractivity contribution in [1.29, 1.82) is 0 Å². The van der Waals surface area contributed by atoms with Crippen molar-refractivity contribution in [2.75, 3.05) is 26.4 Å². The van der Waals surface area contributed by atoms with Crippen LogP contribution in [-0.4, -0.2) is 143 Å². The van der Waals surface area contributed by atoms with Crippen molar-refractivity contribution in [3.8, 4) is 0 Å². The molecule has 7 fully saturated rings. The van der Waals surface area contributed by atoms with Gasteiger partial charge in [-0.1, -0.05) is 51.0 Å². The van der Waals surface area contributed by atoms with Crippen LogP contribution in [0.1, 0.15) is 116 Å². The highest BCUT2D eigenvalue weighted by Crippen LogP contribution is 2.87. The quantitative estimate of drug-likeness (QED) is 0.0809. The first-order valence-corrected chi connectivity index (χ1v) is 25.4. The van der Waals surface area contributed by atoms with E-state index >= 15 is 0 Å². The zero-order valence-corrected chi connectivity index (χ0v) is 40.0. The lowest BCUT2D eigenvalue weighted by molar-refractivity contribution is -0.358. The van der Waals surface area contributed by atoms with Gasteiger partial charge in [-0.25, -0.2) is 4.98 Å². The predicted octanol–water partition coefficient (Wildman–Crippen LogP) is 1.83. The van der Waals surface area contributed by atoms with Crippen molar-refractivity contribution in [1.82, 2.24) is 15.3 Å². The van der Waals surface area contributed by atoms with Gasteiger partial charge in [0.25, 0.3) is 0 Å². The minimum atomic E-state index is -1.67. The first kappa shape index (κ1) is 48.8. The summed E-state index contributed by atoms with van der Waals surface area (Å²) in [5.41, 5.74) is 4.19. The number of carboxylic acids is 1. The molecule has 0 aromatic carbocycles. The van der Waals surface area contributed by atoms with Gasteiger partial charge in [-0.2, -0.15) is 0 Å². The molecule has 68 heavy (non-hydrogen) atoms. The van der Waals surface area contributed by atoms with E-state index in [1.807, 2.05) is 6.92 Å². The van der Waals surface area contributed by atoms with Crippen LogP contribution in [0.4, 0.5) is 0 Å². The number of rotatable bonds is 12. The zero-order valence-electron chi connectivity index (χ0n) is 40.0. The number of nitrogens with two attached hydrogens (primary N) is 1. The van der Waals surface area contributed by atoms with Gasteiger partial charge in [-0.3, -0.25) is 9.59 Å². The van der Waals surface area contributed by atoms with E-state index in [1.54, 1.807) is 12.5 Å². The summed E-state index contributed by atoms with van der Waals surface area (Å²) >= 11 is 0. The molecule has 9 aliphatic rings. The minimum absolute atomic E-state index is 0.0257. The molecule has 0 radical (unpaired) electrons. The van der Waals surface area contributed by atoms with Crippen LogP contribution in [0.5, 0.6) is 0 Å². The largest absolute Gasteiger partial charge is 0.481 e. The number of nitrogens with one attached hydrogen (secondary N) is 2. The molecule has 2 bridgehead atoms. The summed E-state index contributed by atoms with van der Waals surface area (Å²) in [7, 11) is 0. The molecule has 0 unspecified atom stereocenters. The molecule has 3 heterocycles.